The van der Waals surface area contributed by atoms with E-state index in [9.17, 15) is 0 Å². The molecular weight excluding hydrogens is 239 g/mol. The Morgan fingerprint density at radius 2 is 1.44 bits per heavy atom. The van der Waals surface area contributed by atoms with E-state index in [1.165, 1.54) is 25.7 Å². The van der Waals surface area contributed by atoms with Crippen molar-refractivity contribution in [3.8, 4) is 5.75 Å². The molecule has 0 bridgehead atoms. The fourth-order valence-corrected chi connectivity index (χ4v) is 4.93. The first-order valence-electron chi connectivity index (χ1n) is 7.20. The van der Waals surface area contributed by atoms with Gasteiger partial charge in [-0.2, -0.15) is 0 Å². The van der Waals surface area contributed by atoms with Crippen molar-refractivity contribution < 1.29 is 4.52 Å². The maximum Gasteiger partial charge on any atom is 0.123 e. The van der Waals surface area contributed by atoms with E-state index in [0.717, 1.165) is 5.75 Å². The van der Waals surface area contributed by atoms with E-state index in [-0.39, 0.29) is 8.15 Å². The Hall–Kier alpha value is -0.550. The molecule has 0 heterocycles. The molecule has 0 radical (unpaired) electrons. The van der Waals surface area contributed by atoms with Gasteiger partial charge in [0.25, 0.3) is 0 Å². The normalized spacial score (nSPS) is 16.0. The van der Waals surface area contributed by atoms with Gasteiger partial charge in [-0.3, -0.25) is 0 Å². The van der Waals surface area contributed by atoms with Crippen LogP contribution in [0.3, 0.4) is 0 Å². The standard InChI is InChI=1S/C16H27OP/c1-5-10-14(3)18(15(4)11-6-2)17-16-12-8-7-9-13-16/h7-9,12-15H,5-6,10-11H2,1-4H3. The highest BCUT2D eigenvalue weighted by Gasteiger charge is 2.25. The second-order valence-electron chi connectivity index (χ2n) is 5.04. The molecule has 0 saturated heterocycles. The van der Waals surface area contributed by atoms with Crippen molar-refractivity contribution >= 4 is 8.15 Å². The highest BCUT2D eigenvalue weighted by Crippen LogP contribution is 2.50. The highest BCUT2D eigenvalue weighted by molar-refractivity contribution is 7.54. The first-order chi connectivity index (χ1) is 8.69. The quantitative estimate of drug-likeness (QED) is 0.537. The first kappa shape index (κ1) is 15.5. The van der Waals surface area contributed by atoms with Gasteiger partial charge in [-0.05, 0) is 25.0 Å². The molecule has 0 fully saturated rings. The highest BCUT2D eigenvalue weighted by atomic mass is 31.1. The molecule has 0 aliphatic carbocycles. The van der Waals surface area contributed by atoms with Crippen LogP contribution in [0.2, 0.25) is 0 Å². The van der Waals surface area contributed by atoms with Crippen molar-refractivity contribution in [2.45, 2.75) is 64.7 Å². The smallest absolute Gasteiger partial charge is 0.123 e. The van der Waals surface area contributed by atoms with Crippen molar-refractivity contribution in [2.75, 3.05) is 0 Å². The summed E-state index contributed by atoms with van der Waals surface area (Å²) >= 11 is 0. The Morgan fingerprint density at radius 3 is 1.89 bits per heavy atom. The third kappa shape index (κ3) is 4.98. The van der Waals surface area contributed by atoms with E-state index >= 15 is 0 Å². The van der Waals surface area contributed by atoms with Crippen molar-refractivity contribution in [1.82, 2.24) is 0 Å². The topological polar surface area (TPSA) is 9.23 Å². The second-order valence-corrected chi connectivity index (χ2v) is 7.71. The summed E-state index contributed by atoms with van der Waals surface area (Å²) in [5.41, 5.74) is 1.37. The van der Waals surface area contributed by atoms with Crippen LogP contribution in [0.15, 0.2) is 30.3 Å². The molecule has 0 aliphatic heterocycles. The summed E-state index contributed by atoms with van der Waals surface area (Å²) in [5, 5.41) is 0. The van der Waals surface area contributed by atoms with E-state index in [0.29, 0.717) is 11.3 Å². The van der Waals surface area contributed by atoms with Crippen LogP contribution in [0.5, 0.6) is 5.75 Å². The fourth-order valence-electron chi connectivity index (χ4n) is 2.31. The van der Waals surface area contributed by atoms with Crippen LogP contribution in [0.25, 0.3) is 0 Å². The monoisotopic (exact) mass is 266 g/mol. The summed E-state index contributed by atoms with van der Waals surface area (Å²) < 4.78 is 6.31. The molecule has 1 aromatic rings. The molecule has 0 spiro atoms. The van der Waals surface area contributed by atoms with Gasteiger partial charge in [-0.1, -0.05) is 58.7 Å². The van der Waals surface area contributed by atoms with Crippen LogP contribution >= 0.6 is 8.15 Å². The average Bonchev–Trinajstić information content (AvgIpc) is 2.37. The lowest BCUT2D eigenvalue weighted by atomic mass is 10.3. The van der Waals surface area contributed by atoms with Crippen LogP contribution in [0, 0.1) is 0 Å². The fraction of sp³-hybridized carbons (Fsp3) is 0.625. The van der Waals surface area contributed by atoms with E-state index in [4.69, 9.17) is 4.52 Å². The third-order valence-corrected chi connectivity index (χ3v) is 5.91. The largest absolute Gasteiger partial charge is 0.474 e. The summed E-state index contributed by atoms with van der Waals surface area (Å²) in [6.45, 7) is 9.22. The minimum Gasteiger partial charge on any atom is -0.474 e. The molecule has 0 N–H and O–H groups in total. The zero-order chi connectivity index (χ0) is 13.4. The molecule has 1 rings (SSSR count). The number of benzene rings is 1. The Balaban J connectivity index is 2.70. The van der Waals surface area contributed by atoms with Gasteiger partial charge in [0.1, 0.15) is 5.75 Å². The average molecular weight is 266 g/mol. The Bertz CT molecular complexity index is 300. The van der Waals surface area contributed by atoms with Crippen molar-refractivity contribution in [3.05, 3.63) is 30.3 Å². The maximum absolute atomic E-state index is 6.31. The number of hydrogen-bond acceptors (Lipinski definition) is 1. The molecule has 0 aromatic heterocycles. The van der Waals surface area contributed by atoms with Gasteiger partial charge in [-0.15, -0.1) is 0 Å². The molecule has 2 atom stereocenters. The van der Waals surface area contributed by atoms with Gasteiger partial charge in [0, 0.05) is 11.3 Å². The minimum absolute atomic E-state index is 0.371. The molecule has 1 nitrogen and oxygen atoms in total. The number of hydrogen-bond donors (Lipinski definition) is 0. The van der Waals surface area contributed by atoms with E-state index in [1.807, 2.05) is 6.07 Å². The maximum atomic E-state index is 6.31. The molecular formula is C16H27OP. The number of para-hydroxylation sites is 1. The lowest BCUT2D eigenvalue weighted by molar-refractivity contribution is 0.567. The Morgan fingerprint density at radius 1 is 0.944 bits per heavy atom. The molecule has 0 saturated carbocycles. The molecule has 0 amide bonds. The van der Waals surface area contributed by atoms with Crippen LogP contribution in [-0.2, 0) is 0 Å². The van der Waals surface area contributed by atoms with Crippen LogP contribution in [-0.4, -0.2) is 11.3 Å². The summed E-state index contributed by atoms with van der Waals surface area (Å²) in [5.74, 6) is 1.04. The Kier molecular flexibility index (Phi) is 7.35. The molecule has 2 heteroatoms. The molecule has 102 valence electrons. The van der Waals surface area contributed by atoms with Gasteiger partial charge < -0.3 is 4.52 Å². The first-order valence-corrected chi connectivity index (χ1v) is 8.60. The SMILES string of the molecule is CCCC(C)P(Oc1ccccc1)C(C)CCC. The molecule has 1 aromatic carbocycles. The van der Waals surface area contributed by atoms with Crippen molar-refractivity contribution in [2.24, 2.45) is 0 Å². The van der Waals surface area contributed by atoms with Crippen LogP contribution < -0.4 is 4.52 Å². The van der Waals surface area contributed by atoms with Crippen LogP contribution in [0.1, 0.15) is 53.4 Å². The lowest BCUT2D eigenvalue weighted by Crippen LogP contribution is -2.14. The zero-order valence-electron chi connectivity index (χ0n) is 12.2. The summed E-state index contributed by atoms with van der Waals surface area (Å²) in [6.07, 6.45) is 5.03. The van der Waals surface area contributed by atoms with E-state index in [2.05, 4.69) is 52.0 Å². The second kappa shape index (κ2) is 8.53. The number of rotatable bonds is 8. The Labute approximate surface area is 114 Å². The third-order valence-electron chi connectivity index (χ3n) is 3.24. The van der Waals surface area contributed by atoms with E-state index in [1.54, 1.807) is 0 Å². The molecule has 0 aliphatic rings. The lowest BCUT2D eigenvalue weighted by Gasteiger charge is -2.29. The van der Waals surface area contributed by atoms with Crippen LogP contribution in [0.4, 0.5) is 0 Å². The van der Waals surface area contributed by atoms with Crippen molar-refractivity contribution in [1.29, 1.82) is 0 Å². The predicted molar refractivity (Wildman–Crippen MR) is 82.7 cm³/mol. The van der Waals surface area contributed by atoms with Gasteiger partial charge in [-0.25, -0.2) is 0 Å². The van der Waals surface area contributed by atoms with Gasteiger partial charge in [0.15, 0.2) is 0 Å². The zero-order valence-corrected chi connectivity index (χ0v) is 13.1. The van der Waals surface area contributed by atoms with E-state index < -0.39 is 0 Å². The predicted octanol–water partition coefficient (Wildman–Crippen LogP) is 5.84. The summed E-state index contributed by atoms with van der Waals surface area (Å²) in [4.78, 5) is 0. The summed E-state index contributed by atoms with van der Waals surface area (Å²) in [7, 11) is -0.371. The van der Waals surface area contributed by atoms with Gasteiger partial charge >= 0.3 is 0 Å². The van der Waals surface area contributed by atoms with Gasteiger partial charge in [0.2, 0.25) is 0 Å². The van der Waals surface area contributed by atoms with Gasteiger partial charge in [0.05, 0.1) is 8.15 Å². The van der Waals surface area contributed by atoms with Crippen molar-refractivity contribution in [3.63, 3.8) is 0 Å². The molecule has 2 unspecified atom stereocenters. The summed E-state index contributed by atoms with van der Waals surface area (Å²) in [6, 6.07) is 10.3. The minimum atomic E-state index is -0.371. The molecule has 18 heavy (non-hydrogen) atoms.